The minimum Gasteiger partial charge on any atom is -0.339 e. The summed E-state index contributed by atoms with van der Waals surface area (Å²) in [6.07, 6.45) is -1.15. The second-order valence-electron chi connectivity index (χ2n) is 6.07. The summed E-state index contributed by atoms with van der Waals surface area (Å²) in [4.78, 5) is 17.4. The van der Waals surface area contributed by atoms with Gasteiger partial charge in [-0.05, 0) is 30.4 Å². The topological polar surface area (TPSA) is 33.2 Å². The third-order valence-corrected chi connectivity index (χ3v) is 4.61. The molecular weight excluding hydrogens is 317 g/mol. The van der Waals surface area contributed by atoms with E-state index in [9.17, 15) is 18.0 Å². The monoisotopic (exact) mass is 334 g/mol. The summed E-state index contributed by atoms with van der Waals surface area (Å²) in [5, 5.41) is 0. The molecule has 0 spiro atoms. The molecule has 0 saturated heterocycles. The average molecular weight is 334 g/mol. The van der Waals surface area contributed by atoms with Crippen LogP contribution in [0.25, 0.3) is 0 Å². The molecule has 126 valence electrons. The van der Waals surface area contributed by atoms with Crippen LogP contribution in [0, 0.1) is 0 Å². The fraction of sp³-hybridized carbons (Fsp3) is 0.333. The molecule has 0 N–H and O–H groups in total. The fourth-order valence-electron chi connectivity index (χ4n) is 3.06. The second-order valence-corrected chi connectivity index (χ2v) is 6.07. The summed E-state index contributed by atoms with van der Waals surface area (Å²) < 4.78 is 39.1. The van der Waals surface area contributed by atoms with Crippen LogP contribution in [0.15, 0.2) is 48.8 Å². The molecule has 1 aromatic carbocycles. The minimum atomic E-state index is -4.59. The lowest BCUT2D eigenvalue weighted by Crippen LogP contribution is -2.45. The summed E-state index contributed by atoms with van der Waals surface area (Å²) in [5.41, 5.74) is -0.126. The number of rotatable bonds is 3. The quantitative estimate of drug-likeness (QED) is 0.846. The molecule has 1 heterocycles. The molecule has 0 aliphatic heterocycles. The van der Waals surface area contributed by atoms with Gasteiger partial charge in [0.2, 0.25) is 0 Å². The van der Waals surface area contributed by atoms with E-state index in [0.29, 0.717) is 12.1 Å². The van der Waals surface area contributed by atoms with Gasteiger partial charge in [0.15, 0.2) is 0 Å². The Balaban J connectivity index is 1.71. The van der Waals surface area contributed by atoms with Gasteiger partial charge < -0.3 is 4.90 Å². The highest BCUT2D eigenvalue weighted by atomic mass is 19.4. The van der Waals surface area contributed by atoms with Crippen LogP contribution < -0.4 is 0 Å². The Labute approximate surface area is 138 Å². The molecule has 6 heteroatoms. The van der Waals surface area contributed by atoms with Gasteiger partial charge in [0.1, 0.15) is 0 Å². The van der Waals surface area contributed by atoms with Crippen molar-refractivity contribution in [2.75, 3.05) is 7.05 Å². The molecule has 1 amide bonds. The van der Waals surface area contributed by atoms with E-state index in [1.54, 1.807) is 7.05 Å². The van der Waals surface area contributed by atoms with Crippen LogP contribution in [0.3, 0.4) is 0 Å². The highest BCUT2D eigenvalue weighted by molar-refractivity contribution is 5.95. The lowest BCUT2D eigenvalue weighted by molar-refractivity contribution is -0.138. The molecule has 1 aliphatic rings. The first-order chi connectivity index (χ1) is 11.4. The zero-order chi connectivity index (χ0) is 17.3. The van der Waals surface area contributed by atoms with E-state index in [4.69, 9.17) is 0 Å². The number of pyridine rings is 1. The van der Waals surface area contributed by atoms with Crippen LogP contribution in [0.5, 0.6) is 0 Å². The number of halogens is 3. The molecule has 2 aromatic rings. The molecule has 1 fully saturated rings. The van der Waals surface area contributed by atoms with Crippen LogP contribution in [0.2, 0.25) is 0 Å². The number of alkyl halides is 3. The molecule has 3 nitrogen and oxygen atoms in total. The first-order valence-electron chi connectivity index (χ1n) is 7.71. The number of hydrogen-bond donors (Lipinski definition) is 0. The van der Waals surface area contributed by atoms with Crippen molar-refractivity contribution >= 4 is 5.91 Å². The van der Waals surface area contributed by atoms with E-state index in [0.717, 1.165) is 18.9 Å². The van der Waals surface area contributed by atoms with Crippen LogP contribution in [0.4, 0.5) is 13.2 Å². The third kappa shape index (κ3) is 3.13. The molecule has 1 aliphatic carbocycles. The summed E-state index contributed by atoms with van der Waals surface area (Å²) >= 11 is 0. The van der Waals surface area contributed by atoms with Crippen molar-refractivity contribution < 1.29 is 18.0 Å². The maximum absolute atomic E-state index is 13.0. The van der Waals surface area contributed by atoms with Gasteiger partial charge >= 0.3 is 6.18 Å². The second kappa shape index (κ2) is 6.26. The number of benzene rings is 1. The highest BCUT2D eigenvalue weighted by Gasteiger charge is 2.39. The lowest BCUT2D eigenvalue weighted by Gasteiger charge is -2.41. The predicted octanol–water partition coefficient (Wildman–Crippen LogP) is 4.12. The van der Waals surface area contributed by atoms with Crippen LogP contribution in [0.1, 0.15) is 40.2 Å². The van der Waals surface area contributed by atoms with Crippen molar-refractivity contribution in [3.05, 3.63) is 65.5 Å². The Morgan fingerprint density at radius 1 is 1.17 bits per heavy atom. The summed E-state index contributed by atoms with van der Waals surface area (Å²) in [5.74, 6) is -0.257. The Bertz CT molecular complexity index is 725. The largest absolute Gasteiger partial charge is 0.418 e. The van der Waals surface area contributed by atoms with Crippen molar-refractivity contribution in [2.45, 2.75) is 31.0 Å². The number of aromatic nitrogens is 1. The van der Waals surface area contributed by atoms with Crippen LogP contribution in [-0.2, 0) is 6.18 Å². The zero-order valence-corrected chi connectivity index (χ0v) is 13.1. The van der Waals surface area contributed by atoms with Gasteiger partial charge in [-0.15, -0.1) is 0 Å². The first-order valence-corrected chi connectivity index (χ1v) is 7.71. The van der Waals surface area contributed by atoms with Crippen LogP contribution in [-0.4, -0.2) is 28.9 Å². The summed E-state index contributed by atoms with van der Waals surface area (Å²) in [7, 11) is 1.56. The Morgan fingerprint density at radius 2 is 1.83 bits per heavy atom. The molecule has 1 aromatic heterocycles. The number of nitrogens with zero attached hydrogens (tertiary/aromatic N) is 2. The van der Waals surface area contributed by atoms with Gasteiger partial charge in [0, 0.05) is 25.5 Å². The van der Waals surface area contributed by atoms with Crippen molar-refractivity contribution in [3.63, 3.8) is 0 Å². The Morgan fingerprint density at radius 3 is 2.46 bits per heavy atom. The molecular formula is C18H17F3N2O. The molecule has 1 saturated carbocycles. The Kier molecular flexibility index (Phi) is 4.30. The number of hydrogen-bond acceptors (Lipinski definition) is 2. The standard InChI is InChI=1S/C18H17F3N2O/c1-23(14-9-13(10-14)12-5-3-2-4-6-12)17(24)15-7-8-22-11-16(15)18(19,20)21/h2-8,11,13-14H,9-10H2,1H3. The fourth-order valence-corrected chi connectivity index (χ4v) is 3.06. The first kappa shape index (κ1) is 16.5. The molecule has 0 bridgehead atoms. The zero-order valence-electron chi connectivity index (χ0n) is 13.1. The van der Waals surface area contributed by atoms with E-state index in [1.807, 2.05) is 30.3 Å². The minimum absolute atomic E-state index is 0.0445. The SMILES string of the molecule is CN(C(=O)c1ccncc1C(F)(F)F)C1CC(c2ccccc2)C1. The van der Waals surface area contributed by atoms with E-state index in [2.05, 4.69) is 4.98 Å². The van der Waals surface area contributed by atoms with Crippen molar-refractivity contribution in [1.29, 1.82) is 0 Å². The van der Waals surface area contributed by atoms with E-state index < -0.39 is 17.6 Å². The molecule has 0 atom stereocenters. The molecule has 0 unspecified atom stereocenters. The van der Waals surface area contributed by atoms with E-state index >= 15 is 0 Å². The summed E-state index contributed by atoms with van der Waals surface area (Å²) in [6.45, 7) is 0. The van der Waals surface area contributed by atoms with Gasteiger partial charge in [-0.3, -0.25) is 9.78 Å². The predicted molar refractivity (Wildman–Crippen MR) is 83.5 cm³/mol. The lowest BCUT2D eigenvalue weighted by atomic mass is 9.75. The molecule has 0 radical (unpaired) electrons. The molecule has 3 rings (SSSR count). The number of carbonyl (C=O) groups excluding carboxylic acids is 1. The maximum atomic E-state index is 13.0. The average Bonchev–Trinajstić information content (AvgIpc) is 2.53. The van der Waals surface area contributed by atoms with Gasteiger partial charge in [-0.25, -0.2) is 0 Å². The third-order valence-electron chi connectivity index (χ3n) is 4.61. The van der Waals surface area contributed by atoms with E-state index in [1.165, 1.54) is 16.7 Å². The summed E-state index contributed by atoms with van der Waals surface area (Å²) in [6, 6.07) is 11.0. The van der Waals surface area contributed by atoms with Crippen molar-refractivity contribution in [3.8, 4) is 0 Å². The van der Waals surface area contributed by atoms with Crippen molar-refractivity contribution in [1.82, 2.24) is 9.88 Å². The van der Waals surface area contributed by atoms with Gasteiger partial charge in [0.05, 0.1) is 11.1 Å². The van der Waals surface area contributed by atoms with Crippen LogP contribution >= 0.6 is 0 Å². The van der Waals surface area contributed by atoms with Gasteiger partial charge in [0.25, 0.3) is 5.91 Å². The van der Waals surface area contributed by atoms with Gasteiger partial charge in [-0.2, -0.15) is 13.2 Å². The van der Waals surface area contributed by atoms with Gasteiger partial charge in [-0.1, -0.05) is 30.3 Å². The molecule has 24 heavy (non-hydrogen) atoms. The maximum Gasteiger partial charge on any atom is 0.418 e. The normalized spacial score (nSPS) is 20.3. The van der Waals surface area contributed by atoms with E-state index in [-0.39, 0.29) is 11.6 Å². The Hall–Kier alpha value is -2.37. The van der Waals surface area contributed by atoms with Crippen molar-refractivity contribution in [2.24, 2.45) is 0 Å². The number of amides is 1. The smallest absolute Gasteiger partial charge is 0.339 e. The highest BCUT2D eigenvalue weighted by Crippen LogP contribution is 2.40. The number of carbonyl (C=O) groups is 1.